The number of hydrogen-bond acceptors (Lipinski definition) is 5. The van der Waals surface area contributed by atoms with Crippen LogP contribution in [0.5, 0.6) is 0 Å². The van der Waals surface area contributed by atoms with E-state index in [1.54, 1.807) is 31.2 Å². The van der Waals surface area contributed by atoms with Crippen LogP contribution in [-0.4, -0.2) is 22.0 Å². The molecule has 1 aromatic heterocycles. The van der Waals surface area contributed by atoms with Crippen molar-refractivity contribution in [2.24, 2.45) is 0 Å². The topological polar surface area (TPSA) is 91.3 Å². The van der Waals surface area contributed by atoms with Gasteiger partial charge in [-0.2, -0.15) is 0 Å². The number of para-hydroxylation sites is 1. The summed E-state index contributed by atoms with van der Waals surface area (Å²) in [5.74, 6) is -0.915. The number of rotatable bonds is 5. The van der Waals surface area contributed by atoms with Crippen molar-refractivity contribution in [3.05, 3.63) is 76.8 Å². The molecule has 136 valence electrons. The van der Waals surface area contributed by atoms with Crippen LogP contribution in [0.2, 0.25) is 0 Å². The summed E-state index contributed by atoms with van der Waals surface area (Å²) in [6.45, 7) is 1.80. The molecule has 0 fully saturated rings. The molecule has 0 saturated heterocycles. The van der Waals surface area contributed by atoms with Crippen LogP contribution in [0.25, 0.3) is 16.6 Å². The van der Waals surface area contributed by atoms with E-state index in [2.05, 4.69) is 10.3 Å². The molecular formula is C20H17N3O3S. The number of hydrogen-bond donors (Lipinski definition) is 3. The quantitative estimate of drug-likeness (QED) is 0.356. The number of benzene rings is 2. The highest BCUT2D eigenvalue weighted by Gasteiger charge is 2.17. The average molecular weight is 379 g/mol. The highest BCUT2D eigenvalue weighted by Crippen LogP contribution is 2.28. The third kappa shape index (κ3) is 4.46. The molecule has 0 radical (unpaired) electrons. The summed E-state index contributed by atoms with van der Waals surface area (Å²) in [6, 6.07) is 16.8. The van der Waals surface area contributed by atoms with Gasteiger partial charge in [0, 0.05) is 17.3 Å². The van der Waals surface area contributed by atoms with Gasteiger partial charge in [-0.3, -0.25) is 14.8 Å². The van der Waals surface area contributed by atoms with Crippen molar-refractivity contribution >= 4 is 34.9 Å². The lowest BCUT2D eigenvalue weighted by atomic mass is 10.1. The summed E-state index contributed by atoms with van der Waals surface area (Å²) in [6.07, 6.45) is 2.69. The van der Waals surface area contributed by atoms with Gasteiger partial charge in [0.15, 0.2) is 0 Å². The van der Waals surface area contributed by atoms with Gasteiger partial charge in [-0.15, -0.1) is 11.3 Å². The number of carbonyl (C=O) groups excluding carboxylic acids is 2. The largest absolute Gasteiger partial charge is 0.321 e. The van der Waals surface area contributed by atoms with Crippen molar-refractivity contribution < 1.29 is 14.8 Å². The van der Waals surface area contributed by atoms with Crippen LogP contribution >= 0.6 is 11.3 Å². The van der Waals surface area contributed by atoms with Gasteiger partial charge in [-0.25, -0.2) is 10.5 Å². The number of amides is 2. The van der Waals surface area contributed by atoms with E-state index in [0.717, 1.165) is 10.6 Å². The number of anilines is 1. The van der Waals surface area contributed by atoms with E-state index >= 15 is 0 Å². The van der Waals surface area contributed by atoms with Crippen LogP contribution < -0.4 is 10.8 Å². The first-order chi connectivity index (χ1) is 13.1. The van der Waals surface area contributed by atoms with Crippen LogP contribution in [0.4, 0.5) is 5.69 Å². The van der Waals surface area contributed by atoms with Gasteiger partial charge in [-0.1, -0.05) is 48.5 Å². The summed E-state index contributed by atoms with van der Waals surface area (Å²) in [7, 11) is 0. The molecule has 3 rings (SSSR count). The highest BCUT2D eigenvalue weighted by molar-refractivity contribution is 7.17. The number of aromatic nitrogens is 1. The maximum Gasteiger partial charge on any atom is 0.267 e. The summed E-state index contributed by atoms with van der Waals surface area (Å²) in [5.41, 5.74) is 4.34. The number of aryl methyl sites for hydroxylation is 1. The Bertz CT molecular complexity index is 997. The van der Waals surface area contributed by atoms with Crippen molar-refractivity contribution in [2.75, 3.05) is 5.32 Å². The standard InChI is InChI=1S/C20H17N3O3S/c1-13-18(27-20(21-13)15-8-3-2-4-9-15)19(25)22-16-10-6-5-7-14(16)11-12-17(24)23-26/h2-12,26H,1H3,(H,22,25)(H,23,24)/b12-11+. The maximum atomic E-state index is 12.7. The fourth-order valence-corrected chi connectivity index (χ4v) is 3.42. The van der Waals surface area contributed by atoms with Crippen LogP contribution in [0, 0.1) is 6.92 Å². The molecule has 2 aromatic carbocycles. The lowest BCUT2D eigenvalue weighted by molar-refractivity contribution is -0.124. The molecule has 27 heavy (non-hydrogen) atoms. The second kappa shape index (κ2) is 8.39. The second-order valence-corrected chi connectivity index (χ2v) is 6.65. The smallest absolute Gasteiger partial charge is 0.267 e. The summed E-state index contributed by atoms with van der Waals surface area (Å²) < 4.78 is 0. The molecular weight excluding hydrogens is 362 g/mol. The van der Waals surface area contributed by atoms with Crippen molar-refractivity contribution in [1.82, 2.24) is 10.5 Å². The number of hydroxylamine groups is 1. The van der Waals surface area contributed by atoms with Crippen molar-refractivity contribution in [2.45, 2.75) is 6.92 Å². The molecule has 0 saturated carbocycles. The van der Waals surface area contributed by atoms with Crippen molar-refractivity contribution in [3.63, 3.8) is 0 Å². The van der Waals surface area contributed by atoms with Crippen LogP contribution in [0.15, 0.2) is 60.7 Å². The SMILES string of the molecule is Cc1nc(-c2ccccc2)sc1C(=O)Nc1ccccc1/C=C/C(=O)NO. The number of nitrogens with one attached hydrogen (secondary N) is 2. The van der Waals surface area contributed by atoms with E-state index in [1.165, 1.54) is 29.0 Å². The molecule has 0 spiro atoms. The van der Waals surface area contributed by atoms with E-state index < -0.39 is 5.91 Å². The van der Waals surface area contributed by atoms with E-state index in [1.807, 2.05) is 30.3 Å². The Hall–Kier alpha value is -3.29. The van der Waals surface area contributed by atoms with Gasteiger partial charge in [0.25, 0.3) is 11.8 Å². The number of carbonyl (C=O) groups is 2. The first kappa shape index (κ1) is 18.5. The highest BCUT2D eigenvalue weighted by atomic mass is 32.1. The minimum Gasteiger partial charge on any atom is -0.321 e. The fourth-order valence-electron chi connectivity index (χ4n) is 2.45. The first-order valence-electron chi connectivity index (χ1n) is 8.14. The van der Waals surface area contributed by atoms with Gasteiger partial charge in [0.05, 0.1) is 5.69 Å². The first-order valence-corrected chi connectivity index (χ1v) is 8.95. The van der Waals surface area contributed by atoms with Gasteiger partial charge >= 0.3 is 0 Å². The molecule has 0 atom stereocenters. The molecule has 0 bridgehead atoms. The molecule has 0 unspecified atom stereocenters. The van der Waals surface area contributed by atoms with Gasteiger partial charge in [0.1, 0.15) is 9.88 Å². The Balaban J connectivity index is 1.84. The zero-order valence-corrected chi connectivity index (χ0v) is 15.3. The lowest BCUT2D eigenvalue weighted by Gasteiger charge is -2.07. The predicted octanol–water partition coefficient (Wildman–Crippen LogP) is 3.89. The predicted molar refractivity (Wildman–Crippen MR) is 106 cm³/mol. The van der Waals surface area contributed by atoms with E-state index in [0.29, 0.717) is 21.8 Å². The van der Waals surface area contributed by atoms with E-state index in [4.69, 9.17) is 5.21 Å². The number of thiazole rings is 1. The zero-order valence-electron chi connectivity index (χ0n) is 14.5. The van der Waals surface area contributed by atoms with Crippen molar-refractivity contribution in [3.8, 4) is 10.6 Å². The van der Waals surface area contributed by atoms with Gasteiger partial charge in [0.2, 0.25) is 0 Å². The average Bonchev–Trinajstić information content (AvgIpc) is 3.09. The molecule has 2 amide bonds. The second-order valence-electron chi connectivity index (χ2n) is 5.65. The normalized spacial score (nSPS) is 10.7. The molecule has 3 N–H and O–H groups in total. The molecule has 6 nitrogen and oxygen atoms in total. The molecule has 0 aliphatic carbocycles. The molecule has 3 aromatic rings. The Morgan fingerprint density at radius 3 is 2.52 bits per heavy atom. The van der Waals surface area contributed by atoms with Crippen LogP contribution in [0.3, 0.4) is 0 Å². The molecule has 0 aliphatic rings. The third-order valence-corrected chi connectivity index (χ3v) is 4.96. The minimum absolute atomic E-state index is 0.264. The zero-order chi connectivity index (χ0) is 19.2. The van der Waals surface area contributed by atoms with E-state index in [9.17, 15) is 9.59 Å². The molecule has 1 heterocycles. The van der Waals surface area contributed by atoms with Crippen LogP contribution in [-0.2, 0) is 4.79 Å². The Morgan fingerprint density at radius 1 is 1.07 bits per heavy atom. The Kier molecular flexibility index (Phi) is 5.75. The third-order valence-electron chi connectivity index (χ3n) is 3.76. The van der Waals surface area contributed by atoms with Gasteiger partial charge in [-0.05, 0) is 24.6 Å². The summed E-state index contributed by atoms with van der Waals surface area (Å²) in [5, 5.41) is 12.2. The van der Waals surface area contributed by atoms with Gasteiger partial charge < -0.3 is 5.32 Å². The van der Waals surface area contributed by atoms with Crippen molar-refractivity contribution in [1.29, 1.82) is 0 Å². The van der Waals surface area contributed by atoms with E-state index in [-0.39, 0.29) is 5.91 Å². The minimum atomic E-state index is -0.651. The monoisotopic (exact) mass is 379 g/mol. The Labute approximate surface area is 160 Å². The summed E-state index contributed by atoms with van der Waals surface area (Å²) in [4.78, 5) is 29.0. The molecule has 7 heteroatoms. The van der Waals surface area contributed by atoms with Crippen LogP contribution in [0.1, 0.15) is 20.9 Å². The summed E-state index contributed by atoms with van der Waals surface area (Å²) >= 11 is 1.33. The fraction of sp³-hybridized carbons (Fsp3) is 0.0500. The lowest BCUT2D eigenvalue weighted by Crippen LogP contribution is -2.15. The Morgan fingerprint density at radius 2 is 1.78 bits per heavy atom. The molecule has 0 aliphatic heterocycles. The number of nitrogens with zero attached hydrogens (tertiary/aromatic N) is 1. The maximum absolute atomic E-state index is 12.7.